The van der Waals surface area contributed by atoms with E-state index in [1.165, 1.54) is 0 Å². The van der Waals surface area contributed by atoms with Crippen molar-refractivity contribution >= 4 is 29.4 Å². The predicted octanol–water partition coefficient (Wildman–Crippen LogP) is 1.32. The number of benzene rings is 1. The van der Waals surface area contributed by atoms with E-state index in [1.807, 2.05) is 0 Å². The van der Waals surface area contributed by atoms with E-state index in [0.29, 0.717) is 17.0 Å². The molecule has 1 N–H and O–H groups in total. The normalized spacial score (nSPS) is 17.2. The van der Waals surface area contributed by atoms with E-state index in [0.717, 1.165) is 0 Å². The van der Waals surface area contributed by atoms with Gasteiger partial charge in [0.2, 0.25) is 6.10 Å². The zero-order valence-corrected chi connectivity index (χ0v) is 11.9. The number of nitrogens with one attached hydrogen (secondary N) is 1. The lowest BCUT2D eigenvalue weighted by Crippen LogP contribution is -2.28. The van der Waals surface area contributed by atoms with Crippen molar-refractivity contribution in [2.75, 3.05) is 13.2 Å². The van der Waals surface area contributed by atoms with Crippen molar-refractivity contribution in [3.8, 4) is 0 Å². The van der Waals surface area contributed by atoms with Crippen LogP contribution in [0.4, 0.5) is 0 Å². The third-order valence-electron chi connectivity index (χ3n) is 2.88. The number of amides is 1. The fourth-order valence-electron chi connectivity index (χ4n) is 1.78. The topological polar surface area (TPSA) is 81.7 Å². The molecule has 1 aliphatic rings. The van der Waals surface area contributed by atoms with E-state index in [1.54, 1.807) is 24.3 Å². The van der Waals surface area contributed by atoms with Crippen LogP contribution in [0.25, 0.3) is 0 Å². The maximum atomic E-state index is 11.8. The molecule has 21 heavy (non-hydrogen) atoms. The lowest BCUT2D eigenvalue weighted by atomic mass is 10.2. The van der Waals surface area contributed by atoms with Gasteiger partial charge in [0.25, 0.3) is 5.91 Å². The van der Waals surface area contributed by atoms with Crippen LogP contribution in [0.1, 0.15) is 23.2 Å². The second kappa shape index (κ2) is 7.08. The number of hydrogen-bond acceptors (Lipinski definition) is 5. The summed E-state index contributed by atoms with van der Waals surface area (Å²) in [4.78, 5) is 34.4. The molecule has 0 aliphatic carbocycles. The van der Waals surface area contributed by atoms with Crippen molar-refractivity contribution in [2.45, 2.75) is 18.9 Å². The summed E-state index contributed by atoms with van der Waals surface area (Å²) in [6.45, 7) is 0.395. The summed E-state index contributed by atoms with van der Waals surface area (Å²) >= 11 is 5.72. The number of halogens is 1. The zero-order chi connectivity index (χ0) is 15.2. The van der Waals surface area contributed by atoms with E-state index in [2.05, 4.69) is 10.1 Å². The molecule has 2 rings (SSSR count). The standard InChI is InChI=1S/C14H14ClNO5/c15-10-3-1-9(2-4-10)13(18)16-7-5-12(17)21-11-6-8-20-14(11)19/h1-4,11H,5-8H2,(H,16,18). The molecule has 1 atom stereocenters. The summed E-state index contributed by atoms with van der Waals surface area (Å²) in [7, 11) is 0. The van der Waals surface area contributed by atoms with Gasteiger partial charge in [-0.3, -0.25) is 9.59 Å². The Balaban J connectivity index is 1.71. The first-order valence-electron chi connectivity index (χ1n) is 6.46. The summed E-state index contributed by atoms with van der Waals surface area (Å²) in [5.74, 6) is -1.37. The molecule has 1 amide bonds. The van der Waals surface area contributed by atoms with Crippen molar-refractivity contribution < 1.29 is 23.9 Å². The Morgan fingerprint density at radius 1 is 1.33 bits per heavy atom. The first-order valence-corrected chi connectivity index (χ1v) is 6.84. The molecule has 7 heteroatoms. The fraction of sp³-hybridized carbons (Fsp3) is 0.357. The average Bonchev–Trinajstić information content (AvgIpc) is 2.85. The third-order valence-corrected chi connectivity index (χ3v) is 3.13. The third kappa shape index (κ3) is 4.46. The summed E-state index contributed by atoms with van der Waals surface area (Å²) in [5.41, 5.74) is 0.451. The van der Waals surface area contributed by atoms with E-state index in [4.69, 9.17) is 16.3 Å². The molecule has 0 radical (unpaired) electrons. The van der Waals surface area contributed by atoms with Crippen molar-refractivity contribution in [1.82, 2.24) is 5.32 Å². The number of cyclic esters (lactones) is 1. The fourth-order valence-corrected chi connectivity index (χ4v) is 1.91. The Labute approximate surface area is 126 Å². The molecule has 0 bridgehead atoms. The molecule has 0 spiro atoms. The Kier molecular flexibility index (Phi) is 5.16. The van der Waals surface area contributed by atoms with Crippen LogP contribution in [-0.2, 0) is 19.1 Å². The van der Waals surface area contributed by atoms with Gasteiger partial charge in [-0.2, -0.15) is 0 Å². The van der Waals surface area contributed by atoms with Gasteiger partial charge in [-0.1, -0.05) is 11.6 Å². The summed E-state index contributed by atoms with van der Waals surface area (Å²) in [6.07, 6.45) is -0.449. The highest BCUT2D eigenvalue weighted by molar-refractivity contribution is 6.30. The summed E-state index contributed by atoms with van der Waals surface area (Å²) in [5, 5.41) is 3.13. The molecule has 1 aliphatic heterocycles. The van der Waals surface area contributed by atoms with Crippen LogP contribution in [0.2, 0.25) is 5.02 Å². The molecule has 1 fully saturated rings. The van der Waals surface area contributed by atoms with Crippen LogP contribution in [0.5, 0.6) is 0 Å². The van der Waals surface area contributed by atoms with E-state index in [-0.39, 0.29) is 25.5 Å². The van der Waals surface area contributed by atoms with Crippen LogP contribution in [0.3, 0.4) is 0 Å². The first kappa shape index (κ1) is 15.3. The second-order valence-corrected chi connectivity index (χ2v) is 4.88. The van der Waals surface area contributed by atoms with Gasteiger partial charge in [0.05, 0.1) is 13.0 Å². The minimum Gasteiger partial charge on any atom is -0.463 e. The highest BCUT2D eigenvalue weighted by atomic mass is 35.5. The van der Waals surface area contributed by atoms with Crippen molar-refractivity contribution in [2.24, 2.45) is 0 Å². The highest BCUT2D eigenvalue weighted by Gasteiger charge is 2.29. The number of carbonyl (C=O) groups excluding carboxylic acids is 3. The van der Waals surface area contributed by atoms with Gasteiger partial charge in [-0.05, 0) is 24.3 Å². The average molecular weight is 312 g/mol. The minimum atomic E-state index is -0.815. The molecule has 1 saturated heterocycles. The molecular formula is C14H14ClNO5. The SMILES string of the molecule is O=C(CCNC(=O)c1ccc(Cl)cc1)OC1CCOC1=O. The predicted molar refractivity (Wildman–Crippen MR) is 73.9 cm³/mol. The van der Waals surface area contributed by atoms with E-state index >= 15 is 0 Å². The van der Waals surface area contributed by atoms with Crippen molar-refractivity contribution in [3.63, 3.8) is 0 Å². The maximum Gasteiger partial charge on any atom is 0.347 e. The number of hydrogen-bond donors (Lipinski definition) is 1. The van der Waals surface area contributed by atoms with Crippen molar-refractivity contribution in [3.05, 3.63) is 34.9 Å². The monoisotopic (exact) mass is 311 g/mol. The quantitative estimate of drug-likeness (QED) is 0.829. The Morgan fingerprint density at radius 3 is 2.67 bits per heavy atom. The molecule has 1 unspecified atom stereocenters. The smallest absolute Gasteiger partial charge is 0.347 e. The summed E-state index contributed by atoms with van der Waals surface area (Å²) in [6, 6.07) is 6.39. The number of esters is 2. The minimum absolute atomic E-state index is 0.0108. The largest absolute Gasteiger partial charge is 0.463 e. The van der Waals surface area contributed by atoms with Gasteiger partial charge >= 0.3 is 11.9 Å². The van der Waals surface area contributed by atoms with Gasteiger partial charge in [-0.25, -0.2) is 4.79 Å². The molecular weight excluding hydrogens is 298 g/mol. The molecule has 0 aromatic heterocycles. The van der Waals surface area contributed by atoms with Gasteiger partial charge in [-0.15, -0.1) is 0 Å². The molecule has 1 aromatic carbocycles. The highest BCUT2D eigenvalue weighted by Crippen LogP contribution is 2.11. The zero-order valence-electron chi connectivity index (χ0n) is 11.1. The van der Waals surface area contributed by atoms with Crippen LogP contribution < -0.4 is 5.32 Å². The molecule has 1 aromatic rings. The van der Waals surface area contributed by atoms with Crippen LogP contribution in [0.15, 0.2) is 24.3 Å². The molecule has 0 saturated carbocycles. The number of ether oxygens (including phenoxy) is 2. The van der Waals surface area contributed by atoms with Crippen molar-refractivity contribution in [1.29, 1.82) is 0 Å². The Bertz CT molecular complexity index is 543. The lowest BCUT2D eigenvalue weighted by Gasteiger charge is -2.09. The first-order chi connectivity index (χ1) is 10.1. The van der Waals surface area contributed by atoms with Crippen LogP contribution >= 0.6 is 11.6 Å². The molecule has 1 heterocycles. The van der Waals surface area contributed by atoms with Gasteiger partial charge in [0.1, 0.15) is 0 Å². The van der Waals surface area contributed by atoms with E-state index in [9.17, 15) is 14.4 Å². The number of carbonyl (C=O) groups is 3. The Hall–Kier alpha value is -2.08. The van der Waals surface area contributed by atoms with Crippen LogP contribution in [0, 0.1) is 0 Å². The van der Waals surface area contributed by atoms with Gasteiger partial charge in [0.15, 0.2) is 0 Å². The second-order valence-electron chi connectivity index (χ2n) is 4.45. The summed E-state index contributed by atoms with van der Waals surface area (Å²) < 4.78 is 9.62. The lowest BCUT2D eigenvalue weighted by molar-refractivity contribution is -0.160. The number of rotatable bonds is 5. The Morgan fingerprint density at radius 2 is 2.05 bits per heavy atom. The maximum absolute atomic E-state index is 11.8. The van der Waals surface area contributed by atoms with E-state index < -0.39 is 18.0 Å². The van der Waals surface area contributed by atoms with Gasteiger partial charge in [0, 0.05) is 23.6 Å². The molecule has 6 nitrogen and oxygen atoms in total. The van der Waals surface area contributed by atoms with Gasteiger partial charge < -0.3 is 14.8 Å². The molecule has 112 valence electrons. The van der Waals surface area contributed by atoms with Crippen LogP contribution in [-0.4, -0.2) is 37.1 Å².